The topological polar surface area (TPSA) is 51.2 Å². The molecule has 0 saturated carbocycles. The number of anilines is 1. The molecule has 0 spiro atoms. The Kier molecular flexibility index (Phi) is 7.48. The van der Waals surface area contributed by atoms with Gasteiger partial charge in [-0.1, -0.05) is 51.2 Å². The van der Waals surface area contributed by atoms with Gasteiger partial charge in [0.25, 0.3) is 0 Å². The third-order valence-corrected chi connectivity index (χ3v) is 6.45. The van der Waals surface area contributed by atoms with Crippen molar-refractivity contribution in [2.75, 3.05) is 11.9 Å². The summed E-state index contributed by atoms with van der Waals surface area (Å²) in [5.74, 6) is 1.87. The summed E-state index contributed by atoms with van der Waals surface area (Å²) in [4.78, 5) is 16.8. The number of hydrogen-bond donors (Lipinski definition) is 1. The van der Waals surface area contributed by atoms with Crippen molar-refractivity contribution < 1.29 is 9.53 Å². The molecule has 3 aromatic rings. The van der Waals surface area contributed by atoms with E-state index in [2.05, 4.69) is 69.2 Å². The predicted molar refractivity (Wildman–Crippen MR) is 127 cm³/mol. The summed E-state index contributed by atoms with van der Waals surface area (Å²) in [5.41, 5.74) is 4.84. The molecular weight excluding hydrogens is 392 g/mol. The van der Waals surface area contributed by atoms with Crippen molar-refractivity contribution in [3.05, 3.63) is 53.1 Å². The molecule has 0 fully saturated rings. The van der Waals surface area contributed by atoms with Crippen LogP contribution in [0.5, 0.6) is 5.75 Å². The maximum atomic E-state index is 12.3. The Bertz CT molecular complexity index is 1010. The number of carbonyl (C=O) groups excluding carboxylic acids is 1. The molecule has 0 aliphatic heterocycles. The molecule has 160 valence electrons. The summed E-state index contributed by atoms with van der Waals surface area (Å²) in [7, 11) is 0. The van der Waals surface area contributed by atoms with Crippen molar-refractivity contribution in [1.29, 1.82) is 0 Å². The quantitative estimate of drug-likeness (QED) is 0.375. The lowest BCUT2D eigenvalue weighted by Crippen LogP contribution is -2.12. The molecule has 1 aromatic heterocycles. The number of hydrogen-bond acceptors (Lipinski definition) is 4. The minimum atomic E-state index is -0.0221. The van der Waals surface area contributed by atoms with Crippen molar-refractivity contribution in [3.8, 4) is 5.75 Å². The zero-order valence-electron chi connectivity index (χ0n) is 18.6. The van der Waals surface area contributed by atoms with Crippen molar-refractivity contribution in [2.24, 2.45) is 0 Å². The maximum Gasteiger partial charge on any atom is 0.226 e. The van der Waals surface area contributed by atoms with Crippen LogP contribution in [-0.2, 0) is 4.79 Å². The average Bonchev–Trinajstić information content (AvgIpc) is 3.11. The van der Waals surface area contributed by atoms with Crippen LogP contribution in [0.3, 0.4) is 0 Å². The number of nitrogens with one attached hydrogen (secondary N) is 1. The molecule has 0 aliphatic rings. The lowest BCUT2D eigenvalue weighted by Gasteiger charge is -2.12. The van der Waals surface area contributed by atoms with Gasteiger partial charge < -0.3 is 10.1 Å². The molecule has 1 amide bonds. The molecule has 0 saturated heterocycles. The molecular formula is C25H32N2O2S. The smallest absolute Gasteiger partial charge is 0.226 e. The Labute approximate surface area is 183 Å². The number of ether oxygens (including phenoxy) is 1. The van der Waals surface area contributed by atoms with E-state index in [9.17, 15) is 4.79 Å². The molecule has 0 radical (unpaired) electrons. The van der Waals surface area contributed by atoms with E-state index in [1.54, 1.807) is 0 Å². The minimum Gasteiger partial charge on any atom is -0.494 e. The fourth-order valence-electron chi connectivity index (χ4n) is 3.53. The fraction of sp³-hybridized carbons (Fsp3) is 0.440. The lowest BCUT2D eigenvalue weighted by molar-refractivity contribution is -0.116. The highest BCUT2D eigenvalue weighted by atomic mass is 32.1. The van der Waals surface area contributed by atoms with Crippen molar-refractivity contribution in [2.45, 2.75) is 65.7 Å². The molecule has 0 bridgehead atoms. The third-order valence-electron chi connectivity index (χ3n) is 5.52. The Morgan fingerprint density at radius 2 is 1.97 bits per heavy atom. The predicted octanol–water partition coefficient (Wildman–Crippen LogP) is 7.04. The molecule has 5 heteroatoms. The maximum absolute atomic E-state index is 12.3. The Morgan fingerprint density at radius 1 is 1.17 bits per heavy atom. The second kappa shape index (κ2) is 10.1. The summed E-state index contributed by atoms with van der Waals surface area (Å²) in [6, 6.07) is 12.6. The standard InChI is InChI=1S/C25H32N2O2S/c1-6-17(4)19-9-12-22-23(15-19)30-25(26-22)27-24(28)8-7-13-29-20-10-11-21(16(2)3)18(5)14-20/h9-12,14-17H,6-8,13H2,1-5H3,(H,26,27,28). The third kappa shape index (κ3) is 5.60. The number of benzene rings is 2. The fourth-order valence-corrected chi connectivity index (χ4v) is 4.46. The van der Waals surface area contributed by atoms with Gasteiger partial charge in [0.2, 0.25) is 5.91 Å². The van der Waals surface area contributed by atoms with Crippen LogP contribution in [0.1, 0.15) is 75.5 Å². The molecule has 1 unspecified atom stereocenters. The van der Waals surface area contributed by atoms with E-state index in [1.165, 1.54) is 28.0 Å². The van der Waals surface area contributed by atoms with E-state index >= 15 is 0 Å². The second-order valence-electron chi connectivity index (χ2n) is 8.23. The number of thiazole rings is 1. The molecule has 1 N–H and O–H groups in total. The first-order valence-corrected chi connectivity index (χ1v) is 11.6. The number of aryl methyl sites for hydroxylation is 1. The van der Waals surface area contributed by atoms with Crippen LogP contribution < -0.4 is 10.1 Å². The van der Waals surface area contributed by atoms with Gasteiger partial charge >= 0.3 is 0 Å². The summed E-state index contributed by atoms with van der Waals surface area (Å²) in [5, 5.41) is 3.60. The molecule has 1 atom stereocenters. The molecule has 3 rings (SSSR count). The van der Waals surface area contributed by atoms with Gasteiger partial charge in [0, 0.05) is 6.42 Å². The van der Waals surface area contributed by atoms with E-state index in [0.717, 1.165) is 22.4 Å². The highest BCUT2D eigenvalue weighted by molar-refractivity contribution is 7.22. The van der Waals surface area contributed by atoms with Crippen LogP contribution in [0.25, 0.3) is 10.2 Å². The van der Waals surface area contributed by atoms with Crippen LogP contribution in [0, 0.1) is 6.92 Å². The molecule has 30 heavy (non-hydrogen) atoms. The van der Waals surface area contributed by atoms with E-state index < -0.39 is 0 Å². The highest BCUT2D eigenvalue weighted by Crippen LogP contribution is 2.30. The van der Waals surface area contributed by atoms with Gasteiger partial charge in [-0.3, -0.25) is 4.79 Å². The number of rotatable bonds is 9. The van der Waals surface area contributed by atoms with Gasteiger partial charge in [0.05, 0.1) is 16.8 Å². The van der Waals surface area contributed by atoms with Crippen LogP contribution in [0.15, 0.2) is 36.4 Å². The lowest BCUT2D eigenvalue weighted by atomic mass is 9.98. The van der Waals surface area contributed by atoms with Gasteiger partial charge in [-0.15, -0.1) is 0 Å². The Balaban J connectivity index is 1.48. The van der Waals surface area contributed by atoms with E-state index in [4.69, 9.17) is 4.74 Å². The van der Waals surface area contributed by atoms with E-state index in [-0.39, 0.29) is 5.91 Å². The van der Waals surface area contributed by atoms with Crippen LogP contribution in [-0.4, -0.2) is 17.5 Å². The molecule has 2 aromatic carbocycles. The Morgan fingerprint density at radius 3 is 2.67 bits per heavy atom. The highest BCUT2D eigenvalue weighted by Gasteiger charge is 2.11. The average molecular weight is 425 g/mol. The number of carbonyl (C=O) groups is 1. The van der Waals surface area contributed by atoms with Crippen molar-refractivity contribution in [1.82, 2.24) is 4.98 Å². The molecule has 1 heterocycles. The van der Waals surface area contributed by atoms with E-state index in [0.29, 0.717) is 36.4 Å². The van der Waals surface area contributed by atoms with Crippen molar-refractivity contribution >= 4 is 32.6 Å². The van der Waals surface area contributed by atoms with Gasteiger partial charge in [-0.25, -0.2) is 4.98 Å². The van der Waals surface area contributed by atoms with Gasteiger partial charge in [-0.05, 0) is 72.6 Å². The largest absolute Gasteiger partial charge is 0.494 e. The first-order valence-electron chi connectivity index (χ1n) is 10.8. The van der Waals surface area contributed by atoms with Gasteiger partial charge in [0.15, 0.2) is 5.13 Å². The summed E-state index contributed by atoms with van der Waals surface area (Å²) in [6.07, 6.45) is 2.19. The zero-order valence-corrected chi connectivity index (χ0v) is 19.4. The summed E-state index contributed by atoms with van der Waals surface area (Å²) >= 11 is 1.53. The van der Waals surface area contributed by atoms with Crippen molar-refractivity contribution in [3.63, 3.8) is 0 Å². The first kappa shape index (κ1) is 22.3. The summed E-state index contributed by atoms with van der Waals surface area (Å²) < 4.78 is 6.94. The first-order chi connectivity index (χ1) is 14.4. The Hall–Kier alpha value is -2.40. The number of aromatic nitrogens is 1. The number of fused-ring (bicyclic) bond motifs is 1. The monoisotopic (exact) mass is 424 g/mol. The second-order valence-corrected chi connectivity index (χ2v) is 9.26. The zero-order chi connectivity index (χ0) is 21.7. The normalized spacial score (nSPS) is 12.3. The van der Waals surface area contributed by atoms with E-state index in [1.807, 2.05) is 12.1 Å². The molecule has 0 aliphatic carbocycles. The molecule has 4 nitrogen and oxygen atoms in total. The number of amides is 1. The van der Waals surface area contributed by atoms with Crippen LogP contribution in [0.4, 0.5) is 5.13 Å². The number of nitrogens with zero attached hydrogens (tertiary/aromatic N) is 1. The van der Waals surface area contributed by atoms with Gasteiger partial charge in [-0.2, -0.15) is 0 Å². The summed E-state index contributed by atoms with van der Waals surface area (Å²) in [6.45, 7) is 11.4. The minimum absolute atomic E-state index is 0.0221. The van der Waals surface area contributed by atoms with Crippen LogP contribution >= 0.6 is 11.3 Å². The van der Waals surface area contributed by atoms with Gasteiger partial charge in [0.1, 0.15) is 5.75 Å². The van der Waals surface area contributed by atoms with Crippen LogP contribution in [0.2, 0.25) is 0 Å². The SMILES string of the molecule is CCC(C)c1ccc2nc(NC(=O)CCCOc3ccc(C(C)C)c(C)c3)sc2c1.